The van der Waals surface area contributed by atoms with Crippen LogP contribution in [0.2, 0.25) is 0 Å². The summed E-state index contributed by atoms with van der Waals surface area (Å²) in [5, 5.41) is 11.8. The third-order valence-corrected chi connectivity index (χ3v) is 3.95. The summed E-state index contributed by atoms with van der Waals surface area (Å²) in [6, 6.07) is 9.71. The van der Waals surface area contributed by atoms with Gasteiger partial charge in [-0.25, -0.2) is 4.79 Å². The van der Waals surface area contributed by atoms with Crippen LogP contribution in [0.1, 0.15) is 12.0 Å². The standard InChI is InChI=1S/C16H22N2O4/c1-22-14(9-12-5-3-2-4-6-12)10-17-16(21)18-8-7-13(11-18)15(19)20/h2-6,13-14H,7-11H2,1H3,(H,17,21)(H,19,20). The summed E-state index contributed by atoms with van der Waals surface area (Å²) in [5.41, 5.74) is 1.15. The number of rotatable bonds is 6. The number of benzene rings is 1. The van der Waals surface area contributed by atoms with Gasteiger partial charge in [0.1, 0.15) is 0 Å². The van der Waals surface area contributed by atoms with Crippen LogP contribution in [0, 0.1) is 5.92 Å². The molecule has 1 heterocycles. The second-order valence-corrected chi connectivity index (χ2v) is 5.50. The molecule has 0 aliphatic carbocycles. The molecule has 2 amide bonds. The molecule has 1 saturated heterocycles. The summed E-state index contributed by atoms with van der Waals surface area (Å²) < 4.78 is 5.40. The molecular weight excluding hydrogens is 284 g/mol. The maximum atomic E-state index is 12.1. The van der Waals surface area contributed by atoms with E-state index in [2.05, 4.69) is 5.32 Å². The highest BCUT2D eigenvalue weighted by atomic mass is 16.5. The molecule has 1 aliphatic rings. The normalized spacial score (nSPS) is 19.0. The number of carboxylic acid groups (broad SMARTS) is 1. The number of urea groups is 1. The van der Waals surface area contributed by atoms with E-state index in [4.69, 9.17) is 9.84 Å². The van der Waals surface area contributed by atoms with Gasteiger partial charge in [0.05, 0.1) is 12.0 Å². The molecule has 0 saturated carbocycles. The minimum absolute atomic E-state index is 0.107. The third kappa shape index (κ3) is 4.46. The second kappa shape index (κ2) is 7.79. The van der Waals surface area contributed by atoms with E-state index >= 15 is 0 Å². The Morgan fingerprint density at radius 3 is 2.73 bits per heavy atom. The minimum atomic E-state index is -0.839. The number of hydrogen-bond acceptors (Lipinski definition) is 3. The average molecular weight is 306 g/mol. The average Bonchev–Trinajstić information content (AvgIpc) is 3.02. The molecule has 2 atom stereocenters. The molecular formula is C16H22N2O4. The van der Waals surface area contributed by atoms with E-state index in [1.165, 1.54) is 0 Å². The van der Waals surface area contributed by atoms with Gasteiger partial charge in [-0.3, -0.25) is 4.79 Å². The Balaban J connectivity index is 1.78. The van der Waals surface area contributed by atoms with Crippen molar-refractivity contribution in [3.05, 3.63) is 35.9 Å². The van der Waals surface area contributed by atoms with Crippen molar-refractivity contribution in [2.45, 2.75) is 18.9 Å². The maximum absolute atomic E-state index is 12.1. The molecule has 2 unspecified atom stereocenters. The van der Waals surface area contributed by atoms with Crippen molar-refractivity contribution in [3.63, 3.8) is 0 Å². The largest absolute Gasteiger partial charge is 0.481 e. The molecule has 0 radical (unpaired) electrons. The number of aliphatic carboxylic acids is 1. The zero-order valence-corrected chi connectivity index (χ0v) is 12.7. The van der Waals surface area contributed by atoms with E-state index in [-0.39, 0.29) is 18.7 Å². The van der Waals surface area contributed by atoms with Gasteiger partial charge in [-0.05, 0) is 12.0 Å². The molecule has 1 aromatic rings. The highest BCUT2D eigenvalue weighted by Crippen LogP contribution is 2.16. The SMILES string of the molecule is COC(CNC(=O)N1CCC(C(=O)O)C1)Cc1ccccc1. The van der Waals surface area contributed by atoms with Crippen LogP contribution in [-0.2, 0) is 16.0 Å². The minimum Gasteiger partial charge on any atom is -0.481 e. The lowest BCUT2D eigenvalue weighted by molar-refractivity contribution is -0.141. The smallest absolute Gasteiger partial charge is 0.317 e. The predicted molar refractivity (Wildman–Crippen MR) is 81.7 cm³/mol. The van der Waals surface area contributed by atoms with Gasteiger partial charge in [0.15, 0.2) is 0 Å². The molecule has 0 bridgehead atoms. The lowest BCUT2D eigenvalue weighted by atomic mass is 10.1. The predicted octanol–water partition coefficient (Wildman–Crippen LogP) is 1.36. The molecule has 0 aromatic heterocycles. The number of amides is 2. The lowest BCUT2D eigenvalue weighted by Gasteiger charge is -2.20. The van der Waals surface area contributed by atoms with E-state index in [0.29, 0.717) is 19.5 Å². The highest BCUT2D eigenvalue weighted by Gasteiger charge is 2.30. The van der Waals surface area contributed by atoms with Crippen LogP contribution in [0.25, 0.3) is 0 Å². The van der Waals surface area contributed by atoms with E-state index in [9.17, 15) is 9.59 Å². The third-order valence-electron chi connectivity index (χ3n) is 3.95. The zero-order chi connectivity index (χ0) is 15.9. The van der Waals surface area contributed by atoms with Gasteiger partial charge < -0.3 is 20.1 Å². The number of methoxy groups -OCH3 is 1. The first-order valence-corrected chi connectivity index (χ1v) is 7.42. The van der Waals surface area contributed by atoms with Crippen molar-refractivity contribution in [2.75, 3.05) is 26.7 Å². The fourth-order valence-electron chi connectivity index (χ4n) is 2.58. The Kier molecular flexibility index (Phi) is 5.77. The summed E-state index contributed by atoms with van der Waals surface area (Å²) in [6.07, 6.45) is 1.12. The van der Waals surface area contributed by atoms with Crippen molar-refractivity contribution in [1.82, 2.24) is 10.2 Å². The number of hydrogen-bond donors (Lipinski definition) is 2. The number of carbonyl (C=O) groups is 2. The fourth-order valence-corrected chi connectivity index (χ4v) is 2.58. The fraction of sp³-hybridized carbons (Fsp3) is 0.500. The zero-order valence-electron chi connectivity index (χ0n) is 12.7. The van der Waals surface area contributed by atoms with Gasteiger partial charge in [0.25, 0.3) is 0 Å². The molecule has 1 fully saturated rings. The molecule has 0 spiro atoms. The first kappa shape index (κ1) is 16.3. The molecule has 6 nitrogen and oxygen atoms in total. The van der Waals surface area contributed by atoms with Crippen LogP contribution < -0.4 is 5.32 Å². The van der Waals surface area contributed by atoms with Crippen molar-refractivity contribution < 1.29 is 19.4 Å². The Labute approximate surface area is 130 Å². The first-order chi connectivity index (χ1) is 10.6. The van der Waals surface area contributed by atoms with Crippen LogP contribution in [0.3, 0.4) is 0 Å². The summed E-state index contributed by atoms with van der Waals surface area (Å²) in [6.45, 7) is 1.16. The van der Waals surface area contributed by atoms with Crippen LogP contribution in [0.4, 0.5) is 4.79 Å². The number of nitrogens with zero attached hydrogens (tertiary/aromatic N) is 1. The Hall–Kier alpha value is -2.08. The Bertz CT molecular complexity index is 506. The van der Waals surface area contributed by atoms with Crippen molar-refractivity contribution in [2.24, 2.45) is 5.92 Å². The summed E-state index contributed by atoms with van der Waals surface area (Å²) >= 11 is 0. The first-order valence-electron chi connectivity index (χ1n) is 7.42. The highest BCUT2D eigenvalue weighted by molar-refractivity contribution is 5.77. The molecule has 2 rings (SSSR count). The van der Waals surface area contributed by atoms with Crippen LogP contribution in [0.5, 0.6) is 0 Å². The van der Waals surface area contributed by atoms with Gasteiger partial charge in [-0.15, -0.1) is 0 Å². The van der Waals surface area contributed by atoms with Gasteiger partial charge in [0, 0.05) is 33.2 Å². The number of ether oxygens (including phenoxy) is 1. The second-order valence-electron chi connectivity index (χ2n) is 5.50. The van der Waals surface area contributed by atoms with E-state index in [1.54, 1.807) is 12.0 Å². The van der Waals surface area contributed by atoms with Crippen molar-refractivity contribution in [3.8, 4) is 0 Å². The van der Waals surface area contributed by atoms with Crippen molar-refractivity contribution >= 4 is 12.0 Å². The molecule has 120 valence electrons. The number of carbonyl (C=O) groups excluding carboxylic acids is 1. The van der Waals surface area contributed by atoms with E-state index < -0.39 is 11.9 Å². The molecule has 2 N–H and O–H groups in total. The Morgan fingerprint density at radius 2 is 2.14 bits per heavy atom. The van der Waals surface area contributed by atoms with E-state index in [0.717, 1.165) is 12.0 Å². The van der Waals surface area contributed by atoms with Gasteiger partial charge in [-0.2, -0.15) is 0 Å². The monoisotopic (exact) mass is 306 g/mol. The van der Waals surface area contributed by atoms with Crippen molar-refractivity contribution in [1.29, 1.82) is 0 Å². The van der Waals surface area contributed by atoms with Gasteiger partial charge >= 0.3 is 12.0 Å². The lowest BCUT2D eigenvalue weighted by Crippen LogP contribution is -2.43. The quantitative estimate of drug-likeness (QED) is 0.832. The number of likely N-dealkylation sites (tertiary alicyclic amines) is 1. The molecule has 22 heavy (non-hydrogen) atoms. The summed E-state index contributed by atoms with van der Waals surface area (Å²) in [4.78, 5) is 24.5. The Morgan fingerprint density at radius 1 is 1.41 bits per heavy atom. The topological polar surface area (TPSA) is 78.9 Å². The van der Waals surface area contributed by atoms with Crippen LogP contribution in [0.15, 0.2) is 30.3 Å². The number of carboxylic acids is 1. The van der Waals surface area contributed by atoms with Crippen LogP contribution in [-0.4, -0.2) is 54.9 Å². The molecule has 6 heteroatoms. The van der Waals surface area contributed by atoms with Gasteiger partial charge in [0.2, 0.25) is 0 Å². The molecule has 1 aliphatic heterocycles. The van der Waals surface area contributed by atoms with E-state index in [1.807, 2.05) is 30.3 Å². The number of nitrogens with one attached hydrogen (secondary N) is 1. The van der Waals surface area contributed by atoms with Gasteiger partial charge in [-0.1, -0.05) is 30.3 Å². The summed E-state index contributed by atoms with van der Waals surface area (Å²) in [7, 11) is 1.62. The summed E-state index contributed by atoms with van der Waals surface area (Å²) in [5.74, 6) is -1.29. The maximum Gasteiger partial charge on any atom is 0.317 e. The van der Waals surface area contributed by atoms with Crippen LogP contribution >= 0.6 is 0 Å². The molecule has 1 aromatic carbocycles.